The SMILES string of the molecule is Cn1ccc(CC(N)CCc2ccccc2)n1. The molecule has 0 aliphatic carbocycles. The second-order valence-corrected chi connectivity index (χ2v) is 4.47. The zero-order valence-electron chi connectivity index (χ0n) is 10.2. The second kappa shape index (κ2) is 5.64. The van der Waals surface area contributed by atoms with Crippen LogP contribution in [0.4, 0.5) is 0 Å². The number of aromatic nitrogens is 2. The molecule has 1 unspecified atom stereocenters. The molecule has 1 aromatic carbocycles. The van der Waals surface area contributed by atoms with Gasteiger partial charge in [-0.3, -0.25) is 4.68 Å². The topological polar surface area (TPSA) is 43.8 Å². The Balaban J connectivity index is 1.80. The van der Waals surface area contributed by atoms with E-state index in [1.807, 2.05) is 30.1 Å². The molecule has 2 N–H and O–H groups in total. The van der Waals surface area contributed by atoms with Gasteiger partial charge >= 0.3 is 0 Å². The largest absolute Gasteiger partial charge is 0.327 e. The summed E-state index contributed by atoms with van der Waals surface area (Å²) < 4.78 is 1.82. The van der Waals surface area contributed by atoms with Gasteiger partial charge in [-0.15, -0.1) is 0 Å². The highest BCUT2D eigenvalue weighted by Gasteiger charge is 2.06. The third-order valence-corrected chi connectivity index (χ3v) is 2.89. The molecule has 0 aliphatic heterocycles. The maximum atomic E-state index is 6.11. The molecule has 0 radical (unpaired) electrons. The summed E-state index contributed by atoms with van der Waals surface area (Å²) in [5, 5.41) is 4.34. The van der Waals surface area contributed by atoms with Crippen LogP contribution in [0, 0.1) is 0 Å². The highest BCUT2D eigenvalue weighted by Crippen LogP contribution is 2.07. The summed E-state index contributed by atoms with van der Waals surface area (Å²) in [5.41, 5.74) is 8.54. The van der Waals surface area contributed by atoms with Crippen molar-refractivity contribution in [3.8, 4) is 0 Å². The zero-order valence-corrected chi connectivity index (χ0v) is 10.2. The van der Waals surface area contributed by atoms with E-state index in [2.05, 4.69) is 29.4 Å². The number of hydrogen-bond acceptors (Lipinski definition) is 2. The van der Waals surface area contributed by atoms with Crippen molar-refractivity contribution in [3.63, 3.8) is 0 Å². The van der Waals surface area contributed by atoms with Crippen molar-refractivity contribution in [2.24, 2.45) is 12.8 Å². The molecular weight excluding hydrogens is 210 g/mol. The summed E-state index contributed by atoms with van der Waals surface area (Å²) in [6.45, 7) is 0. The lowest BCUT2D eigenvalue weighted by atomic mass is 10.0. The van der Waals surface area contributed by atoms with Gasteiger partial charge in [0.25, 0.3) is 0 Å². The van der Waals surface area contributed by atoms with Gasteiger partial charge in [-0.25, -0.2) is 0 Å². The fourth-order valence-corrected chi connectivity index (χ4v) is 1.94. The molecule has 17 heavy (non-hydrogen) atoms. The summed E-state index contributed by atoms with van der Waals surface area (Å²) in [5.74, 6) is 0. The standard InChI is InChI=1S/C14H19N3/c1-17-10-9-14(16-17)11-13(15)8-7-12-5-3-2-4-6-12/h2-6,9-10,13H,7-8,11,15H2,1H3. The fourth-order valence-electron chi connectivity index (χ4n) is 1.94. The summed E-state index contributed by atoms with van der Waals surface area (Å²) in [7, 11) is 1.93. The van der Waals surface area contributed by atoms with Crippen LogP contribution in [0.2, 0.25) is 0 Å². The number of benzene rings is 1. The van der Waals surface area contributed by atoms with Gasteiger partial charge in [0.15, 0.2) is 0 Å². The zero-order chi connectivity index (χ0) is 12.1. The molecule has 90 valence electrons. The average molecular weight is 229 g/mol. The van der Waals surface area contributed by atoms with Crippen LogP contribution in [-0.2, 0) is 19.9 Å². The predicted molar refractivity (Wildman–Crippen MR) is 69.7 cm³/mol. The van der Waals surface area contributed by atoms with Crippen LogP contribution in [0.3, 0.4) is 0 Å². The van der Waals surface area contributed by atoms with Crippen LogP contribution in [0.1, 0.15) is 17.7 Å². The van der Waals surface area contributed by atoms with E-state index in [1.54, 1.807) is 0 Å². The van der Waals surface area contributed by atoms with Crippen molar-refractivity contribution >= 4 is 0 Å². The van der Waals surface area contributed by atoms with Gasteiger partial charge in [0.05, 0.1) is 5.69 Å². The Hall–Kier alpha value is -1.61. The lowest BCUT2D eigenvalue weighted by molar-refractivity contribution is 0.595. The highest BCUT2D eigenvalue weighted by atomic mass is 15.2. The maximum Gasteiger partial charge on any atom is 0.0639 e. The van der Waals surface area contributed by atoms with E-state index < -0.39 is 0 Å². The molecule has 3 heteroatoms. The Kier molecular flexibility index (Phi) is 3.94. The Morgan fingerprint density at radius 3 is 2.65 bits per heavy atom. The number of aryl methyl sites for hydroxylation is 2. The highest BCUT2D eigenvalue weighted by molar-refractivity contribution is 5.15. The lowest BCUT2D eigenvalue weighted by Crippen LogP contribution is -2.23. The van der Waals surface area contributed by atoms with Crippen LogP contribution >= 0.6 is 0 Å². The van der Waals surface area contributed by atoms with Gasteiger partial charge in [-0.2, -0.15) is 5.10 Å². The first kappa shape index (κ1) is 11.9. The van der Waals surface area contributed by atoms with Crippen molar-refractivity contribution in [1.29, 1.82) is 0 Å². The molecule has 0 bridgehead atoms. The van der Waals surface area contributed by atoms with E-state index in [9.17, 15) is 0 Å². The van der Waals surface area contributed by atoms with E-state index in [4.69, 9.17) is 5.73 Å². The van der Waals surface area contributed by atoms with Crippen LogP contribution in [0.15, 0.2) is 42.6 Å². The lowest BCUT2D eigenvalue weighted by Gasteiger charge is -2.09. The Labute approximate surface area is 102 Å². The van der Waals surface area contributed by atoms with E-state index in [0.29, 0.717) is 0 Å². The van der Waals surface area contributed by atoms with Gasteiger partial charge in [0.1, 0.15) is 0 Å². The van der Waals surface area contributed by atoms with Crippen LogP contribution in [-0.4, -0.2) is 15.8 Å². The van der Waals surface area contributed by atoms with Gasteiger partial charge in [0.2, 0.25) is 0 Å². The first-order chi connectivity index (χ1) is 8.24. The smallest absolute Gasteiger partial charge is 0.0639 e. The number of hydrogen-bond donors (Lipinski definition) is 1. The maximum absolute atomic E-state index is 6.11. The molecule has 0 amide bonds. The van der Waals surface area contributed by atoms with Crippen molar-refractivity contribution in [2.75, 3.05) is 0 Å². The summed E-state index contributed by atoms with van der Waals surface area (Å²) >= 11 is 0. The van der Waals surface area contributed by atoms with Gasteiger partial charge in [-0.1, -0.05) is 30.3 Å². The fraction of sp³-hybridized carbons (Fsp3) is 0.357. The third kappa shape index (κ3) is 3.71. The molecule has 0 aliphatic rings. The van der Waals surface area contributed by atoms with E-state index in [0.717, 1.165) is 25.0 Å². The number of rotatable bonds is 5. The van der Waals surface area contributed by atoms with E-state index >= 15 is 0 Å². The molecule has 0 spiro atoms. The third-order valence-electron chi connectivity index (χ3n) is 2.89. The Bertz CT molecular complexity index is 448. The predicted octanol–water partition coefficient (Wildman–Crippen LogP) is 1.92. The Morgan fingerprint density at radius 2 is 2.00 bits per heavy atom. The first-order valence-electron chi connectivity index (χ1n) is 6.02. The molecule has 1 atom stereocenters. The van der Waals surface area contributed by atoms with Gasteiger partial charge < -0.3 is 5.73 Å². The van der Waals surface area contributed by atoms with Gasteiger partial charge in [-0.05, 0) is 24.5 Å². The van der Waals surface area contributed by atoms with E-state index in [1.165, 1.54) is 5.56 Å². The molecule has 2 aromatic rings. The second-order valence-electron chi connectivity index (χ2n) is 4.47. The van der Waals surface area contributed by atoms with E-state index in [-0.39, 0.29) is 6.04 Å². The minimum atomic E-state index is 0.185. The van der Waals surface area contributed by atoms with Crippen molar-refractivity contribution in [3.05, 3.63) is 53.9 Å². The minimum absolute atomic E-state index is 0.185. The monoisotopic (exact) mass is 229 g/mol. The number of nitrogens with two attached hydrogens (primary N) is 1. The quantitative estimate of drug-likeness (QED) is 0.851. The van der Waals surface area contributed by atoms with Crippen LogP contribution in [0.5, 0.6) is 0 Å². The molecule has 2 rings (SSSR count). The number of nitrogens with zero attached hydrogens (tertiary/aromatic N) is 2. The molecule has 3 nitrogen and oxygen atoms in total. The molecule has 0 fully saturated rings. The van der Waals surface area contributed by atoms with Crippen molar-refractivity contribution < 1.29 is 0 Å². The van der Waals surface area contributed by atoms with Crippen molar-refractivity contribution in [1.82, 2.24) is 9.78 Å². The summed E-state index contributed by atoms with van der Waals surface area (Å²) in [6, 6.07) is 12.7. The first-order valence-corrected chi connectivity index (χ1v) is 6.02. The minimum Gasteiger partial charge on any atom is -0.327 e. The van der Waals surface area contributed by atoms with Crippen LogP contribution < -0.4 is 5.73 Å². The molecule has 0 saturated carbocycles. The normalized spacial score (nSPS) is 12.6. The summed E-state index contributed by atoms with van der Waals surface area (Å²) in [6.07, 6.45) is 4.85. The molecule has 1 aromatic heterocycles. The summed E-state index contributed by atoms with van der Waals surface area (Å²) in [4.78, 5) is 0. The molecule has 1 heterocycles. The van der Waals surface area contributed by atoms with Crippen molar-refractivity contribution in [2.45, 2.75) is 25.3 Å². The van der Waals surface area contributed by atoms with Gasteiger partial charge in [0, 0.05) is 25.7 Å². The molecule has 0 saturated heterocycles. The average Bonchev–Trinajstić information content (AvgIpc) is 2.73. The molecular formula is C14H19N3. The van der Waals surface area contributed by atoms with Crippen LogP contribution in [0.25, 0.3) is 0 Å². The Morgan fingerprint density at radius 1 is 1.24 bits per heavy atom.